The second-order valence-electron chi connectivity index (χ2n) is 4.79. The number of hydrogen-bond donors (Lipinski definition) is 2. The van der Waals surface area contributed by atoms with Crippen molar-refractivity contribution in [1.82, 2.24) is 4.90 Å². The van der Waals surface area contributed by atoms with Gasteiger partial charge in [-0.2, -0.15) is 0 Å². The lowest BCUT2D eigenvalue weighted by atomic mass is 9.98. The molecule has 1 heterocycles. The Hall–Kier alpha value is -1.62. The zero-order chi connectivity index (χ0) is 13.3. The molecule has 98 valence electrons. The monoisotopic (exact) mass is 252 g/mol. The van der Waals surface area contributed by atoms with E-state index in [2.05, 4.69) is 0 Å². The third-order valence-corrected chi connectivity index (χ3v) is 3.37. The topological polar surface area (TPSA) is 66.6 Å². The Morgan fingerprint density at radius 1 is 1.56 bits per heavy atom. The minimum absolute atomic E-state index is 0.00363. The number of rotatable bonds is 1. The first-order chi connectivity index (χ1) is 8.49. The molecule has 2 unspecified atom stereocenters. The normalized spacial score (nSPS) is 24.1. The number of nitrogens with zero attached hydrogens (tertiary/aromatic N) is 1. The van der Waals surface area contributed by atoms with E-state index >= 15 is 0 Å². The predicted molar refractivity (Wildman–Crippen MR) is 65.8 cm³/mol. The molecule has 1 aliphatic heterocycles. The number of benzene rings is 1. The van der Waals surface area contributed by atoms with Crippen LogP contribution in [-0.2, 0) is 0 Å². The standard InChI is InChI=1S/C13H17FN2O2/c1-8-6-10(15)4-5-16(8)13(18)11-7-9(14)2-3-12(11)17/h2-3,7-8,10,17H,4-6,15H2,1H3. The molecule has 0 bridgehead atoms. The molecule has 0 aromatic heterocycles. The highest BCUT2D eigenvalue weighted by Crippen LogP contribution is 2.24. The molecular formula is C13H17FN2O2. The van der Waals surface area contributed by atoms with Crippen molar-refractivity contribution < 1.29 is 14.3 Å². The molecular weight excluding hydrogens is 235 g/mol. The van der Waals surface area contributed by atoms with Crippen molar-refractivity contribution in [2.45, 2.75) is 31.8 Å². The summed E-state index contributed by atoms with van der Waals surface area (Å²) in [4.78, 5) is 13.9. The van der Waals surface area contributed by atoms with Crippen LogP contribution < -0.4 is 5.73 Å². The quantitative estimate of drug-likeness (QED) is 0.795. The summed E-state index contributed by atoms with van der Waals surface area (Å²) in [7, 11) is 0. The van der Waals surface area contributed by atoms with Crippen LogP contribution in [0.3, 0.4) is 0 Å². The van der Waals surface area contributed by atoms with Crippen molar-refractivity contribution in [3.8, 4) is 5.75 Å². The van der Waals surface area contributed by atoms with E-state index in [1.807, 2.05) is 6.92 Å². The second kappa shape index (κ2) is 4.94. The zero-order valence-electron chi connectivity index (χ0n) is 10.3. The van der Waals surface area contributed by atoms with Crippen molar-refractivity contribution in [1.29, 1.82) is 0 Å². The molecule has 1 aliphatic rings. The van der Waals surface area contributed by atoms with Crippen LogP contribution in [0, 0.1) is 5.82 Å². The van der Waals surface area contributed by atoms with Gasteiger partial charge in [0.25, 0.3) is 5.91 Å². The zero-order valence-corrected chi connectivity index (χ0v) is 10.3. The minimum Gasteiger partial charge on any atom is -0.507 e. The summed E-state index contributed by atoms with van der Waals surface area (Å²) in [6.07, 6.45) is 1.45. The molecule has 0 aliphatic carbocycles. The summed E-state index contributed by atoms with van der Waals surface area (Å²) in [5.74, 6) is -1.06. The smallest absolute Gasteiger partial charge is 0.257 e. The molecule has 1 aromatic rings. The highest BCUT2D eigenvalue weighted by atomic mass is 19.1. The van der Waals surface area contributed by atoms with Gasteiger partial charge in [0.2, 0.25) is 0 Å². The molecule has 5 heteroatoms. The largest absolute Gasteiger partial charge is 0.507 e. The molecule has 0 saturated carbocycles. The molecule has 1 saturated heterocycles. The first-order valence-corrected chi connectivity index (χ1v) is 6.04. The van der Waals surface area contributed by atoms with Gasteiger partial charge in [0, 0.05) is 18.6 Å². The Morgan fingerprint density at radius 2 is 2.28 bits per heavy atom. The van der Waals surface area contributed by atoms with E-state index in [0.717, 1.165) is 25.0 Å². The van der Waals surface area contributed by atoms with Gasteiger partial charge in [-0.25, -0.2) is 4.39 Å². The van der Waals surface area contributed by atoms with Gasteiger partial charge in [-0.15, -0.1) is 0 Å². The average Bonchev–Trinajstić information content (AvgIpc) is 2.31. The fraction of sp³-hybridized carbons (Fsp3) is 0.462. The number of piperidine rings is 1. The van der Waals surface area contributed by atoms with Crippen LogP contribution in [0.5, 0.6) is 5.75 Å². The Morgan fingerprint density at radius 3 is 2.94 bits per heavy atom. The average molecular weight is 252 g/mol. The molecule has 18 heavy (non-hydrogen) atoms. The SMILES string of the molecule is CC1CC(N)CCN1C(=O)c1cc(F)ccc1O. The van der Waals surface area contributed by atoms with Gasteiger partial charge < -0.3 is 15.7 Å². The fourth-order valence-electron chi connectivity index (χ4n) is 2.34. The molecule has 3 N–H and O–H groups in total. The third-order valence-electron chi connectivity index (χ3n) is 3.37. The first kappa shape index (κ1) is 12.8. The number of carbonyl (C=O) groups excluding carboxylic acids is 1. The van der Waals surface area contributed by atoms with Crippen LogP contribution in [0.25, 0.3) is 0 Å². The summed E-state index contributed by atoms with van der Waals surface area (Å²) in [6, 6.07) is 3.50. The Balaban J connectivity index is 2.23. The summed E-state index contributed by atoms with van der Waals surface area (Å²) in [5.41, 5.74) is 5.84. The van der Waals surface area contributed by atoms with Crippen LogP contribution in [0.2, 0.25) is 0 Å². The number of aromatic hydroxyl groups is 1. The van der Waals surface area contributed by atoms with Crippen molar-refractivity contribution in [3.63, 3.8) is 0 Å². The minimum atomic E-state index is -0.530. The highest BCUT2D eigenvalue weighted by Gasteiger charge is 2.29. The van der Waals surface area contributed by atoms with E-state index in [1.165, 1.54) is 6.07 Å². The highest BCUT2D eigenvalue weighted by molar-refractivity contribution is 5.97. The lowest BCUT2D eigenvalue weighted by molar-refractivity contribution is 0.0615. The molecule has 4 nitrogen and oxygen atoms in total. The predicted octanol–water partition coefficient (Wildman–Crippen LogP) is 1.48. The van der Waals surface area contributed by atoms with Crippen LogP contribution in [-0.4, -0.2) is 34.5 Å². The molecule has 2 rings (SSSR count). The van der Waals surface area contributed by atoms with Crippen molar-refractivity contribution in [3.05, 3.63) is 29.6 Å². The second-order valence-corrected chi connectivity index (χ2v) is 4.79. The third kappa shape index (κ3) is 2.46. The van der Waals surface area contributed by atoms with Gasteiger partial charge in [-0.05, 0) is 38.0 Å². The van der Waals surface area contributed by atoms with E-state index in [4.69, 9.17) is 5.73 Å². The molecule has 0 radical (unpaired) electrons. The molecule has 1 fully saturated rings. The number of likely N-dealkylation sites (tertiary alicyclic amines) is 1. The van der Waals surface area contributed by atoms with Crippen molar-refractivity contribution in [2.75, 3.05) is 6.54 Å². The number of carbonyl (C=O) groups is 1. The van der Waals surface area contributed by atoms with E-state index in [-0.39, 0.29) is 29.3 Å². The van der Waals surface area contributed by atoms with E-state index in [9.17, 15) is 14.3 Å². The Bertz CT molecular complexity index is 464. The number of phenols is 1. The maximum atomic E-state index is 13.1. The number of hydrogen-bond acceptors (Lipinski definition) is 3. The maximum Gasteiger partial charge on any atom is 0.257 e. The van der Waals surface area contributed by atoms with Gasteiger partial charge in [-0.3, -0.25) is 4.79 Å². The van der Waals surface area contributed by atoms with Gasteiger partial charge in [-0.1, -0.05) is 0 Å². The summed E-state index contributed by atoms with van der Waals surface area (Å²) < 4.78 is 13.1. The molecule has 0 spiro atoms. The van der Waals surface area contributed by atoms with E-state index in [0.29, 0.717) is 6.54 Å². The van der Waals surface area contributed by atoms with Crippen LogP contribution >= 0.6 is 0 Å². The number of amides is 1. The number of halogens is 1. The Labute approximate surface area is 105 Å². The van der Waals surface area contributed by atoms with Crippen LogP contribution in [0.4, 0.5) is 4.39 Å². The van der Waals surface area contributed by atoms with Crippen molar-refractivity contribution in [2.24, 2.45) is 5.73 Å². The molecule has 1 amide bonds. The number of phenolic OH excluding ortho intramolecular Hbond substituents is 1. The van der Waals surface area contributed by atoms with E-state index in [1.54, 1.807) is 4.90 Å². The lowest BCUT2D eigenvalue weighted by Crippen LogP contribution is -2.48. The summed E-state index contributed by atoms with van der Waals surface area (Å²) in [6.45, 7) is 2.45. The van der Waals surface area contributed by atoms with Gasteiger partial charge in [0.05, 0.1) is 5.56 Å². The van der Waals surface area contributed by atoms with Crippen LogP contribution in [0.1, 0.15) is 30.1 Å². The lowest BCUT2D eigenvalue weighted by Gasteiger charge is -2.36. The maximum absolute atomic E-state index is 13.1. The van der Waals surface area contributed by atoms with Crippen molar-refractivity contribution >= 4 is 5.91 Å². The Kier molecular flexibility index (Phi) is 3.52. The van der Waals surface area contributed by atoms with Gasteiger partial charge in [0.1, 0.15) is 11.6 Å². The van der Waals surface area contributed by atoms with Crippen LogP contribution in [0.15, 0.2) is 18.2 Å². The summed E-state index contributed by atoms with van der Waals surface area (Å²) >= 11 is 0. The summed E-state index contributed by atoms with van der Waals surface area (Å²) in [5, 5.41) is 9.64. The number of nitrogens with two attached hydrogens (primary N) is 1. The molecule has 2 atom stereocenters. The molecule has 1 aromatic carbocycles. The fourth-order valence-corrected chi connectivity index (χ4v) is 2.34. The van der Waals surface area contributed by atoms with Gasteiger partial charge >= 0.3 is 0 Å². The first-order valence-electron chi connectivity index (χ1n) is 6.04. The van der Waals surface area contributed by atoms with Gasteiger partial charge in [0.15, 0.2) is 0 Å². The van der Waals surface area contributed by atoms with E-state index < -0.39 is 5.82 Å².